The molecular weight excluding hydrogens is 360 g/mol. The number of benzene rings is 1. The summed E-state index contributed by atoms with van der Waals surface area (Å²) in [6, 6.07) is 8.74. The Morgan fingerprint density at radius 1 is 1.14 bits per heavy atom. The molecule has 8 heteroatoms. The van der Waals surface area contributed by atoms with Gasteiger partial charge in [0.05, 0.1) is 18.8 Å². The lowest BCUT2D eigenvalue weighted by Gasteiger charge is -2.24. The number of hydrogen-bond donors (Lipinski definition) is 1. The first kappa shape index (κ1) is 19.6. The molecule has 0 bridgehead atoms. The summed E-state index contributed by atoms with van der Waals surface area (Å²) in [4.78, 5) is 38.7. The topological polar surface area (TPSA) is 93.5 Å². The average molecular weight is 384 g/mol. The first-order valence-corrected chi connectivity index (χ1v) is 9.18. The van der Waals surface area contributed by atoms with E-state index < -0.39 is 11.7 Å². The zero-order valence-corrected chi connectivity index (χ0v) is 16.5. The Labute approximate surface area is 163 Å². The monoisotopic (exact) mass is 384 g/mol. The van der Waals surface area contributed by atoms with Crippen LogP contribution in [0.15, 0.2) is 30.3 Å². The fourth-order valence-electron chi connectivity index (χ4n) is 2.92. The van der Waals surface area contributed by atoms with Crippen molar-refractivity contribution in [2.75, 3.05) is 5.32 Å². The van der Waals surface area contributed by atoms with E-state index in [-0.39, 0.29) is 37.1 Å². The first-order valence-electron chi connectivity index (χ1n) is 9.18. The quantitative estimate of drug-likeness (QED) is 0.875. The predicted molar refractivity (Wildman–Crippen MR) is 103 cm³/mol. The molecule has 1 aromatic carbocycles. The number of anilines is 1. The smallest absolute Gasteiger partial charge is 0.410 e. The molecule has 1 aliphatic heterocycles. The number of ether oxygens (including phenoxy) is 1. The van der Waals surface area contributed by atoms with Crippen molar-refractivity contribution in [1.82, 2.24) is 14.7 Å². The lowest BCUT2D eigenvalue weighted by molar-refractivity contribution is 0.0237. The van der Waals surface area contributed by atoms with E-state index in [2.05, 4.69) is 10.4 Å². The molecule has 1 aliphatic rings. The normalized spacial score (nSPS) is 13.2. The summed E-state index contributed by atoms with van der Waals surface area (Å²) in [6.45, 7) is 7.53. The Hall–Kier alpha value is -3.16. The number of rotatable bonds is 3. The van der Waals surface area contributed by atoms with E-state index in [0.717, 1.165) is 0 Å². The van der Waals surface area contributed by atoms with Gasteiger partial charge in [-0.15, -0.1) is 5.10 Å². The van der Waals surface area contributed by atoms with E-state index in [1.807, 2.05) is 6.07 Å². The molecule has 2 amide bonds. The van der Waals surface area contributed by atoms with E-state index in [9.17, 15) is 14.4 Å². The second kappa shape index (κ2) is 7.46. The Kier molecular flexibility index (Phi) is 5.22. The van der Waals surface area contributed by atoms with Crippen molar-refractivity contribution >= 4 is 23.7 Å². The van der Waals surface area contributed by atoms with Gasteiger partial charge in [-0.25, -0.2) is 9.48 Å². The number of amides is 2. The van der Waals surface area contributed by atoms with Crippen LogP contribution in [0.4, 0.5) is 10.6 Å². The van der Waals surface area contributed by atoms with Crippen LogP contribution in [0.3, 0.4) is 0 Å². The van der Waals surface area contributed by atoms with E-state index in [1.165, 1.54) is 9.58 Å². The molecule has 148 valence electrons. The number of fused-ring (bicyclic) bond motifs is 1. The van der Waals surface area contributed by atoms with Crippen molar-refractivity contribution in [3.8, 4) is 0 Å². The summed E-state index contributed by atoms with van der Waals surface area (Å²) in [7, 11) is 0. The molecule has 1 aromatic heterocycles. The minimum absolute atomic E-state index is 0.199. The molecule has 0 saturated heterocycles. The van der Waals surface area contributed by atoms with E-state index in [1.54, 1.807) is 52.0 Å². The lowest BCUT2D eigenvalue weighted by Crippen LogP contribution is -2.34. The molecule has 0 aliphatic carbocycles. The molecule has 0 unspecified atom stereocenters. The minimum Gasteiger partial charge on any atom is -0.444 e. The van der Waals surface area contributed by atoms with Gasteiger partial charge in [-0.3, -0.25) is 14.5 Å². The maximum Gasteiger partial charge on any atom is 0.410 e. The van der Waals surface area contributed by atoms with Crippen molar-refractivity contribution in [2.45, 2.75) is 52.8 Å². The van der Waals surface area contributed by atoms with Crippen LogP contribution in [-0.4, -0.2) is 38.2 Å². The zero-order valence-electron chi connectivity index (χ0n) is 16.5. The third-order valence-electron chi connectivity index (χ3n) is 4.24. The highest BCUT2D eigenvalue weighted by Crippen LogP contribution is 2.31. The van der Waals surface area contributed by atoms with Crippen LogP contribution in [0.5, 0.6) is 0 Å². The van der Waals surface area contributed by atoms with Crippen LogP contribution in [0.2, 0.25) is 0 Å². The summed E-state index contributed by atoms with van der Waals surface area (Å²) in [5, 5.41) is 7.06. The Morgan fingerprint density at radius 3 is 2.43 bits per heavy atom. The summed E-state index contributed by atoms with van der Waals surface area (Å²) < 4.78 is 6.70. The standard InChI is InChI=1S/C20H24N4O4/c1-5-16(25)24-15-12-23(19(27)28-20(2,3)4)11-14(15)17(22-24)21-18(26)13-9-7-6-8-10-13/h6-10H,5,11-12H2,1-4H3,(H,21,22,26). The number of hydrogen-bond acceptors (Lipinski definition) is 5. The molecule has 0 saturated carbocycles. The predicted octanol–water partition coefficient (Wildman–Crippen LogP) is 3.44. The van der Waals surface area contributed by atoms with Crippen LogP contribution in [0, 0.1) is 0 Å². The van der Waals surface area contributed by atoms with Gasteiger partial charge >= 0.3 is 6.09 Å². The zero-order chi connectivity index (χ0) is 20.5. The fraction of sp³-hybridized carbons (Fsp3) is 0.400. The summed E-state index contributed by atoms with van der Waals surface area (Å²) in [5.74, 6) is -0.244. The highest BCUT2D eigenvalue weighted by Gasteiger charge is 2.34. The molecule has 0 radical (unpaired) electrons. The van der Waals surface area contributed by atoms with Gasteiger partial charge in [-0.1, -0.05) is 25.1 Å². The molecular formula is C20H24N4O4. The van der Waals surface area contributed by atoms with Crippen molar-refractivity contribution < 1.29 is 19.1 Å². The molecule has 8 nitrogen and oxygen atoms in total. The average Bonchev–Trinajstić information content (AvgIpc) is 3.21. The van der Waals surface area contributed by atoms with Crippen molar-refractivity contribution in [2.24, 2.45) is 0 Å². The van der Waals surface area contributed by atoms with Gasteiger partial charge in [0.15, 0.2) is 5.82 Å². The van der Waals surface area contributed by atoms with Gasteiger partial charge in [0.1, 0.15) is 5.60 Å². The highest BCUT2D eigenvalue weighted by molar-refractivity contribution is 6.04. The number of nitrogens with one attached hydrogen (secondary N) is 1. The highest BCUT2D eigenvalue weighted by atomic mass is 16.6. The van der Waals surface area contributed by atoms with E-state index >= 15 is 0 Å². The SMILES string of the molecule is CCC(=O)n1nc(NC(=O)c2ccccc2)c2c1CN(C(=O)OC(C)(C)C)C2. The second-order valence-electron chi connectivity index (χ2n) is 7.59. The van der Waals surface area contributed by atoms with Crippen molar-refractivity contribution in [1.29, 1.82) is 0 Å². The largest absolute Gasteiger partial charge is 0.444 e. The molecule has 0 fully saturated rings. The van der Waals surface area contributed by atoms with Gasteiger partial charge in [0.2, 0.25) is 5.91 Å². The van der Waals surface area contributed by atoms with Crippen molar-refractivity contribution in [3.63, 3.8) is 0 Å². The molecule has 28 heavy (non-hydrogen) atoms. The Morgan fingerprint density at radius 2 is 1.82 bits per heavy atom. The van der Waals surface area contributed by atoms with Crippen LogP contribution < -0.4 is 5.32 Å². The number of aromatic nitrogens is 2. The van der Waals surface area contributed by atoms with Gasteiger partial charge in [0.25, 0.3) is 5.91 Å². The van der Waals surface area contributed by atoms with Gasteiger partial charge < -0.3 is 10.1 Å². The second-order valence-corrected chi connectivity index (χ2v) is 7.59. The third-order valence-corrected chi connectivity index (χ3v) is 4.24. The summed E-state index contributed by atoms with van der Waals surface area (Å²) in [6.07, 6.45) is -0.216. The Bertz CT molecular complexity index is 912. The molecule has 3 rings (SSSR count). The number of carbonyl (C=O) groups excluding carboxylic acids is 3. The summed E-state index contributed by atoms with van der Waals surface area (Å²) >= 11 is 0. The summed E-state index contributed by atoms with van der Waals surface area (Å²) in [5.41, 5.74) is 1.11. The van der Waals surface area contributed by atoms with Crippen LogP contribution in [-0.2, 0) is 17.8 Å². The first-order chi connectivity index (χ1) is 13.2. The van der Waals surface area contributed by atoms with E-state index in [4.69, 9.17) is 4.74 Å². The number of carbonyl (C=O) groups is 3. The molecule has 0 spiro atoms. The molecule has 0 atom stereocenters. The van der Waals surface area contributed by atoms with E-state index in [0.29, 0.717) is 16.8 Å². The van der Waals surface area contributed by atoms with Crippen LogP contribution in [0.25, 0.3) is 0 Å². The van der Waals surface area contributed by atoms with Crippen molar-refractivity contribution in [3.05, 3.63) is 47.2 Å². The maximum absolute atomic E-state index is 12.5. The molecule has 2 aromatic rings. The number of nitrogens with zero attached hydrogens (tertiary/aromatic N) is 3. The van der Waals surface area contributed by atoms with Gasteiger partial charge in [-0.2, -0.15) is 0 Å². The fourth-order valence-corrected chi connectivity index (χ4v) is 2.92. The molecule has 1 N–H and O–H groups in total. The minimum atomic E-state index is -0.624. The maximum atomic E-state index is 12.5. The van der Waals surface area contributed by atoms with Gasteiger partial charge in [-0.05, 0) is 32.9 Å². The Balaban J connectivity index is 1.87. The van der Waals surface area contributed by atoms with Crippen LogP contribution >= 0.6 is 0 Å². The lowest BCUT2D eigenvalue weighted by atomic mass is 10.2. The molecule has 2 heterocycles. The van der Waals surface area contributed by atoms with Gasteiger partial charge in [0, 0.05) is 17.5 Å². The van der Waals surface area contributed by atoms with Crippen LogP contribution in [0.1, 0.15) is 60.5 Å². The third kappa shape index (κ3) is 4.05.